The normalized spacial score (nSPS) is 20.0. The van der Waals surface area contributed by atoms with Gasteiger partial charge < -0.3 is 10.7 Å². The standard InChI is InChI=1S/C13H24N2S/c1-3-7-15-8-4-5-11(2)12-10-16-9-6-13(12)14/h14-15H,3-10H2,1-2H3/b12-11+,14-13?. The molecule has 2 nitrogen and oxygen atoms in total. The van der Waals surface area contributed by atoms with Crippen LogP contribution >= 0.6 is 11.8 Å². The second-order valence-electron chi connectivity index (χ2n) is 4.39. The van der Waals surface area contributed by atoms with Crippen LogP contribution in [0.4, 0.5) is 0 Å². The number of nitrogens with one attached hydrogen (secondary N) is 2. The third kappa shape index (κ3) is 4.71. The highest BCUT2D eigenvalue weighted by Gasteiger charge is 2.13. The van der Waals surface area contributed by atoms with Crippen molar-refractivity contribution in [3.05, 3.63) is 11.1 Å². The smallest absolute Gasteiger partial charge is 0.0361 e. The highest BCUT2D eigenvalue weighted by atomic mass is 32.2. The Balaban J connectivity index is 2.28. The molecule has 0 aromatic heterocycles. The zero-order valence-electron chi connectivity index (χ0n) is 10.6. The zero-order chi connectivity index (χ0) is 11.8. The highest BCUT2D eigenvalue weighted by Crippen LogP contribution is 2.23. The van der Waals surface area contributed by atoms with Gasteiger partial charge in [-0.05, 0) is 57.0 Å². The van der Waals surface area contributed by atoms with E-state index in [1.54, 1.807) is 0 Å². The van der Waals surface area contributed by atoms with E-state index in [1.165, 1.54) is 24.0 Å². The second-order valence-corrected chi connectivity index (χ2v) is 5.50. The lowest BCUT2D eigenvalue weighted by atomic mass is 10.0. The van der Waals surface area contributed by atoms with Crippen LogP contribution in [0.3, 0.4) is 0 Å². The topological polar surface area (TPSA) is 35.9 Å². The maximum absolute atomic E-state index is 7.94. The van der Waals surface area contributed by atoms with Gasteiger partial charge in [0, 0.05) is 11.5 Å². The van der Waals surface area contributed by atoms with Crippen molar-refractivity contribution in [3.8, 4) is 0 Å². The van der Waals surface area contributed by atoms with Gasteiger partial charge in [-0.2, -0.15) is 11.8 Å². The summed E-state index contributed by atoms with van der Waals surface area (Å²) in [5.74, 6) is 2.20. The Morgan fingerprint density at radius 1 is 1.44 bits per heavy atom. The Bertz CT molecular complexity index is 259. The van der Waals surface area contributed by atoms with Crippen molar-refractivity contribution in [2.45, 2.75) is 39.5 Å². The van der Waals surface area contributed by atoms with Crippen molar-refractivity contribution in [1.82, 2.24) is 5.32 Å². The van der Waals surface area contributed by atoms with Gasteiger partial charge in [0.05, 0.1) is 0 Å². The van der Waals surface area contributed by atoms with Crippen LogP contribution in [0.25, 0.3) is 0 Å². The number of thioether (sulfide) groups is 1. The molecule has 0 amide bonds. The summed E-state index contributed by atoms with van der Waals surface area (Å²) in [7, 11) is 0. The molecule has 0 saturated carbocycles. The molecule has 1 aliphatic heterocycles. The number of hydrogen-bond acceptors (Lipinski definition) is 3. The Labute approximate surface area is 104 Å². The van der Waals surface area contributed by atoms with Crippen molar-refractivity contribution >= 4 is 17.5 Å². The fraction of sp³-hybridized carbons (Fsp3) is 0.769. The van der Waals surface area contributed by atoms with E-state index in [0.29, 0.717) is 0 Å². The first-order chi connectivity index (χ1) is 7.75. The molecule has 0 aliphatic carbocycles. The number of allylic oxidation sites excluding steroid dienone is 1. The molecule has 1 aliphatic rings. The van der Waals surface area contributed by atoms with Crippen LogP contribution in [-0.2, 0) is 0 Å². The van der Waals surface area contributed by atoms with Crippen LogP contribution in [-0.4, -0.2) is 30.3 Å². The molecule has 0 bridgehead atoms. The SMILES string of the molecule is CCCNCCC/C(C)=C1\CSCCC1=N. The minimum atomic E-state index is 0.887. The molecule has 3 heteroatoms. The van der Waals surface area contributed by atoms with Gasteiger partial charge in [0.15, 0.2) is 0 Å². The molecule has 1 fully saturated rings. The highest BCUT2D eigenvalue weighted by molar-refractivity contribution is 7.99. The molecule has 0 radical (unpaired) electrons. The Kier molecular flexibility index (Phi) is 6.81. The molecule has 1 rings (SSSR count). The zero-order valence-corrected chi connectivity index (χ0v) is 11.4. The first-order valence-electron chi connectivity index (χ1n) is 6.30. The van der Waals surface area contributed by atoms with Crippen LogP contribution in [0.2, 0.25) is 0 Å². The van der Waals surface area contributed by atoms with Gasteiger partial charge >= 0.3 is 0 Å². The van der Waals surface area contributed by atoms with Gasteiger partial charge in [0.1, 0.15) is 0 Å². The number of rotatable bonds is 6. The molecular formula is C13H24N2S. The molecule has 1 heterocycles. The quantitative estimate of drug-likeness (QED) is 0.699. The van der Waals surface area contributed by atoms with Crippen LogP contribution in [0, 0.1) is 5.41 Å². The van der Waals surface area contributed by atoms with E-state index < -0.39 is 0 Å². The monoisotopic (exact) mass is 240 g/mol. The van der Waals surface area contributed by atoms with Gasteiger partial charge in [-0.15, -0.1) is 0 Å². The van der Waals surface area contributed by atoms with Gasteiger partial charge in [-0.1, -0.05) is 12.5 Å². The summed E-state index contributed by atoms with van der Waals surface area (Å²) in [6.45, 7) is 6.64. The first-order valence-corrected chi connectivity index (χ1v) is 7.46. The van der Waals surface area contributed by atoms with E-state index in [4.69, 9.17) is 5.41 Å². The average Bonchev–Trinajstić information content (AvgIpc) is 2.29. The molecule has 0 aromatic carbocycles. The summed E-state index contributed by atoms with van der Waals surface area (Å²) >= 11 is 1.97. The largest absolute Gasteiger partial charge is 0.317 e. The van der Waals surface area contributed by atoms with Crippen LogP contribution in [0.1, 0.15) is 39.5 Å². The summed E-state index contributed by atoms with van der Waals surface area (Å²) in [4.78, 5) is 0. The lowest BCUT2D eigenvalue weighted by Crippen LogP contribution is -2.17. The fourth-order valence-electron chi connectivity index (χ4n) is 1.90. The van der Waals surface area contributed by atoms with Gasteiger partial charge in [-0.25, -0.2) is 0 Å². The summed E-state index contributed by atoms with van der Waals surface area (Å²) in [6.07, 6.45) is 4.52. The molecule has 92 valence electrons. The van der Waals surface area contributed by atoms with Crippen molar-refractivity contribution in [1.29, 1.82) is 5.41 Å². The maximum atomic E-state index is 7.94. The van der Waals surface area contributed by atoms with Crippen LogP contribution in [0.15, 0.2) is 11.1 Å². The molecule has 0 unspecified atom stereocenters. The van der Waals surface area contributed by atoms with E-state index in [-0.39, 0.29) is 0 Å². The van der Waals surface area contributed by atoms with Gasteiger partial charge in [0.25, 0.3) is 0 Å². The molecule has 0 spiro atoms. The number of hydrogen-bond donors (Lipinski definition) is 2. The average molecular weight is 240 g/mol. The van der Waals surface area contributed by atoms with Crippen molar-refractivity contribution < 1.29 is 0 Å². The Hall–Kier alpha value is -0.280. The fourth-order valence-corrected chi connectivity index (χ4v) is 3.02. The van der Waals surface area contributed by atoms with Gasteiger partial charge in [0.2, 0.25) is 0 Å². The van der Waals surface area contributed by atoms with Crippen molar-refractivity contribution in [2.24, 2.45) is 0 Å². The maximum Gasteiger partial charge on any atom is 0.0361 e. The second kappa shape index (κ2) is 7.91. The molecule has 1 saturated heterocycles. The van der Waals surface area contributed by atoms with Crippen molar-refractivity contribution in [3.63, 3.8) is 0 Å². The molecule has 2 N–H and O–H groups in total. The van der Waals surface area contributed by atoms with Crippen LogP contribution < -0.4 is 5.32 Å². The Morgan fingerprint density at radius 3 is 2.94 bits per heavy atom. The first kappa shape index (κ1) is 13.8. The van der Waals surface area contributed by atoms with E-state index in [1.807, 2.05) is 11.8 Å². The predicted molar refractivity (Wildman–Crippen MR) is 74.8 cm³/mol. The summed E-state index contributed by atoms with van der Waals surface area (Å²) < 4.78 is 0. The summed E-state index contributed by atoms with van der Waals surface area (Å²) in [6, 6.07) is 0. The van der Waals surface area contributed by atoms with E-state index in [9.17, 15) is 0 Å². The third-order valence-corrected chi connectivity index (χ3v) is 3.94. The minimum absolute atomic E-state index is 0.887. The summed E-state index contributed by atoms with van der Waals surface area (Å²) in [5, 5.41) is 11.4. The van der Waals surface area contributed by atoms with E-state index in [2.05, 4.69) is 19.2 Å². The molecule has 0 aromatic rings. The van der Waals surface area contributed by atoms with Crippen LogP contribution in [0.5, 0.6) is 0 Å². The molecule has 16 heavy (non-hydrogen) atoms. The van der Waals surface area contributed by atoms with Gasteiger partial charge in [-0.3, -0.25) is 0 Å². The molecular weight excluding hydrogens is 216 g/mol. The Morgan fingerprint density at radius 2 is 2.25 bits per heavy atom. The predicted octanol–water partition coefficient (Wildman–Crippen LogP) is 3.24. The molecule has 0 atom stereocenters. The van der Waals surface area contributed by atoms with Crippen molar-refractivity contribution in [2.75, 3.05) is 24.6 Å². The summed E-state index contributed by atoms with van der Waals surface area (Å²) in [5.41, 5.74) is 3.65. The minimum Gasteiger partial charge on any atom is -0.317 e. The van der Waals surface area contributed by atoms with E-state index >= 15 is 0 Å². The lowest BCUT2D eigenvalue weighted by Gasteiger charge is -2.18. The lowest BCUT2D eigenvalue weighted by molar-refractivity contribution is 0.637. The van der Waals surface area contributed by atoms with E-state index in [0.717, 1.165) is 43.1 Å². The third-order valence-electron chi connectivity index (χ3n) is 2.95.